The molecule has 0 saturated carbocycles. The number of carbonyl (C=O) groups is 1. The number of benzene rings is 1. The lowest BCUT2D eigenvalue weighted by molar-refractivity contribution is 0.0303. The minimum atomic E-state index is -0.936. The van der Waals surface area contributed by atoms with Crippen molar-refractivity contribution in [3.63, 3.8) is 0 Å². The maximum Gasteiger partial charge on any atom is 0.347 e. The molecule has 0 unspecified atom stereocenters. The van der Waals surface area contributed by atoms with E-state index in [2.05, 4.69) is 10.3 Å². The molecule has 0 aliphatic carbocycles. The Kier molecular flexibility index (Phi) is 7.70. The topological polar surface area (TPSA) is 71.5 Å². The normalized spacial score (nSPS) is 20.3. The third-order valence-electron chi connectivity index (χ3n) is 4.14. The van der Waals surface area contributed by atoms with Gasteiger partial charge in [0.25, 0.3) is 0 Å². The minimum Gasteiger partial charge on any atom is -0.477 e. The van der Waals surface area contributed by atoms with Crippen molar-refractivity contribution in [2.45, 2.75) is 19.4 Å². The molecule has 1 aliphatic rings. The van der Waals surface area contributed by atoms with Crippen LogP contribution in [0.25, 0.3) is 0 Å². The van der Waals surface area contributed by atoms with Gasteiger partial charge in [-0.3, -0.25) is 0 Å². The Morgan fingerprint density at radius 3 is 2.88 bits per heavy atom. The van der Waals surface area contributed by atoms with Crippen molar-refractivity contribution >= 4 is 52.9 Å². The van der Waals surface area contributed by atoms with Crippen molar-refractivity contribution in [2.24, 2.45) is 5.92 Å². The molecule has 0 bridgehead atoms. The highest BCUT2D eigenvalue weighted by Crippen LogP contribution is 2.34. The number of ether oxygens (including phenoxy) is 1. The van der Waals surface area contributed by atoms with E-state index in [1.165, 1.54) is 11.3 Å². The van der Waals surface area contributed by atoms with Crippen molar-refractivity contribution in [3.8, 4) is 0 Å². The second-order valence-corrected chi connectivity index (χ2v) is 7.96. The van der Waals surface area contributed by atoms with Gasteiger partial charge in [0.2, 0.25) is 0 Å². The lowest BCUT2D eigenvalue weighted by Crippen LogP contribution is -2.27. The number of aromatic carboxylic acids is 1. The Bertz CT molecular complexity index is 785. The smallest absolute Gasteiger partial charge is 0.347 e. The summed E-state index contributed by atoms with van der Waals surface area (Å²) in [6, 6.07) is 5.48. The van der Waals surface area contributed by atoms with Gasteiger partial charge in [-0.15, -0.1) is 23.7 Å². The van der Waals surface area contributed by atoms with E-state index >= 15 is 0 Å². The molecule has 2 heterocycles. The van der Waals surface area contributed by atoms with Crippen molar-refractivity contribution in [1.29, 1.82) is 0 Å². The number of aromatic nitrogens is 1. The highest BCUT2D eigenvalue weighted by Gasteiger charge is 2.29. The van der Waals surface area contributed by atoms with Crippen LogP contribution in [-0.2, 0) is 11.2 Å². The maximum absolute atomic E-state index is 11.5. The zero-order valence-electron chi connectivity index (χ0n) is 14.0. The second-order valence-electron chi connectivity index (χ2n) is 5.95. The SMILES string of the molecule is Cc1nc(C[C@@H]2CNCCO[C@H]2c2ccc(Cl)c(Cl)c2)c(C(=O)O)s1.Cl. The second kappa shape index (κ2) is 9.35. The molecule has 0 amide bonds. The number of carboxylic acid groups (broad SMARTS) is 1. The van der Waals surface area contributed by atoms with Gasteiger partial charge in [-0.2, -0.15) is 0 Å². The minimum absolute atomic E-state index is 0. The monoisotopic (exact) mass is 436 g/mol. The molecule has 142 valence electrons. The van der Waals surface area contributed by atoms with Crippen LogP contribution in [0, 0.1) is 12.8 Å². The van der Waals surface area contributed by atoms with Crippen LogP contribution in [0.15, 0.2) is 18.2 Å². The van der Waals surface area contributed by atoms with Crippen LogP contribution in [0.1, 0.15) is 32.0 Å². The highest BCUT2D eigenvalue weighted by molar-refractivity contribution is 7.13. The van der Waals surface area contributed by atoms with Crippen LogP contribution in [0.3, 0.4) is 0 Å². The number of nitrogens with one attached hydrogen (secondary N) is 1. The molecule has 0 radical (unpaired) electrons. The van der Waals surface area contributed by atoms with E-state index in [0.717, 1.165) is 17.1 Å². The number of rotatable bonds is 4. The fourth-order valence-corrected chi connectivity index (χ4v) is 4.14. The molecule has 2 N–H and O–H groups in total. The van der Waals surface area contributed by atoms with Crippen LogP contribution in [0.5, 0.6) is 0 Å². The fraction of sp³-hybridized carbons (Fsp3) is 0.412. The van der Waals surface area contributed by atoms with E-state index in [1.54, 1.807) is 6.07 Å². The summed E-state index contributed by atoms with van der Waals surface area (Å²) in [6.45, 7) is 3.85. The third kappa shape index (κ3) is 4.88. The van der Waals surface area contributed by atoms with Crippen molar-refractivity contribution in [3.05, 3.63) is 49.4 Å². The van der Waals surface area contributed by atoms with Crippen LogP contribution in [-0.4, -0.2) is 35.8 Å². The summed E-state index contributed by atoms with van der Waals surface area (Å²) >= 11 is 13.4. The number of hydrogen-bond donors (Lipinski definition) is 2. The molecule has 1 aromatic carbocycles. The quantitative estimate of drug-likeness (QED) is 0.742. The van der Waals surface area contributed by atoms with E-state index in [0.29, 0.717) is 40.2 Å². The Labute approximate surface area is 172 Å². The first kappa shape index (κ1) is 21.4. The summed E-state index contributed by atoms with van der Waals surface area (Å²) in [5.74, 6) is -0.895. The molecule has 2 atom stereocenters. The first-order valence-electron chi connectivity index (χ1n) is 7.92. The molecule has 9 heteroatoms. The summed E-state index contributed by atoms with van der Waals surface area (Å²) in [5, 5.41) is 14.5. The van der Waals surface area contributed by atoms with Crippen LogP contribution in [0.2, 0.25) is 10.0 Å². The van der Waals surface area contributed by atoms with Crippen molar-refractivity contribution < 1.29 is 14.6 Å². The van der Waals surface area contributed by atoms with Gasteiger partial charge in [0, 0.05) is 19.0 Å². The number of halogens is 3. The zero-order valence-corrected chi connectivity index (χ0v) is 17.1. The summed E-state index contributed by atoms with van der Waals surface area (Å²) in [5.41, 5.74) is 1.55. The molecule has 1 aromatic heterocycles. The molecule has 3 rings (SSSR count). The fourth-order valence-electron chi connectivity index (χ4n) is 3.05. The Hall–Kier alpha value is -0.890. The lowest BCUT2D eigenvalue weighted by atomic mass is 9.91. The van der Waals surface area contributed by atoms with Crippen molar-refractivity contribution in [1.82, 2.24) is 10.3 Å². The standard InChI is InChI=1S/C17H18Cl2N2O3S.ClH/c1-9-21-14(16(25-9)17(22)23)7-11-8-20-4-5-24-15(11)10-2-3-12(18)13(19)6-10;/h2-3,6,11,15,20H,4-5,7-8H2,1H3,(H,22,23);1H/t11-,15+;/m1./s1. The lowest BCUT2D eigenvalue weighted by Gasteiger charge is -2.25. The molecule has 1 aliphatic heterocycles. The number of thiazole rings is 1. The number of hydrogen-bond acceptors (Lipinski definition) is 5. The van der Waals surface area contributed by atoms with Gasteiger partial charge in [-0.1, -0.05) is 29.3 Å². The van der Waals surface area contributed by atoms with Crippen LogP contribution < -0.4 is 5.32 Å². The molecule has 0 spiro atoms. The van der Waals surface area contributed by atoms with Crippen molar-refractivity contribution in [2.75, 3.05) is 19.7 Å². The summed E-state index contributed by atoms with van der Waals surface area (Å²) < 4.78 is 6.04. The van der Waals surface area contributed by atoms with Gasteiger partial charge in [-0.25, -0.2) is 9.78 Å². The van der Waals surface area contributed by atoms with Gasteiger partial charge < -0.3 is 15.2 Å². The molecule has 5 nitrogen and oxygen atoms in total. The number of carboxylic acids is 1. The molecule has 2 aromatic rings. The van der Waals surface area contributed by atoms with Crippen LogP contribution >= 0.6 is 46.9 Å². The molecule has 26 heavy (non-hydrogen) atoms. The Morgan fingerprint density at radius 1 is 1.42 bits per heavy atom. The van der Waals surface area contributed by atoms with E-state index in [9.17, 15) is 9.90 Å². The number of nitrogens with zero attached hydrogens (tertiary/aromatic N) is 1. The Balaban J connectivity index is 0.00000243. The van der Waals surface area contributed by atoms with Gasteiger partial charge in [0.1, 0.15) is 4.88 Å². The Morgan fingerprint density at radius 2 is 2.19 bits per heavy atom. The first-order chi connectivity index (χ1) is 12.0. The molecule has 1 saturated heterocycles. The average Bonchev–Trinajstić information content (AvgIpc) is 2.78. The number of aryl methyl sites for hydroxylation is 1. The predicted octanol–water partition coefficient (Wildman–Crippen LogP) is 4.40. The molecular formula is C17H19Cl3N2O3S. The summed E-state index contributed by atoms with van der Waals surface area (Å²) in [6.07, 6.45) is 0.317. The highest BCUT2D eigenvalue weighted by atomic mass is 35.5. The predicted molar refractivity (Wildman–Crippen MR) is 106 cm³/mol. The van der Waals surface area contributed by atoms with E-state index in [4.69, 9.17) is 27.9 Å². The van der Waals surface area contributed by atoms with Gasteiger partial charge >= 0.3 is 5.97 Å². The first-order valence-corrected chi connectivity index (χ1v) is 9.50. The third-order valence-corrected chi connectivity index (χ3v) is 5.88. The maximum atomic E-state index is 11.5. The zero-order chi connectivity index (χ0) is 18.0. The molecule has 1 fully saturated rings. The van der Waals surface area contributed by atoms with E-state index in [1.807, 2.05) is 19.1 Å². The van der Waals surface area contributed by atoms with Gasteiger partial charge in [0.05, 0.1) is 33.5 Å². The summed E-state index contributed by atoms with van der Waals surface area (Å²) in [4.78, 5) is 16.2. The van der Waals surface area contributed by atoms with Gasteiger partial charge in [-0.05, 0) is 31.0 Å². The van der Waals surface area contributed by atoms with E-state index in [-0.39, 0.29) is 24.4 Å². The largest absolute Gasteiger partial charge is 0.477 e. The van der Waals surface area contributed by atoms with Crippen LogP contribution in [0.4, 0.5) is 0 Å². The average molecular weight is 438 g/mol. The molecular weight excluding hydrogens is 419 g/mol. The summed E-state index contributed by atoms with van der Waals surface area (Å²) in [7, 11) is 0. The van der Waals surface area contributed by atoms with E-state index < -0.39 is 5.97 Å². The van der Waals surface area contributed by atoms with Gasteiger partial charge in [0.15, 0.2) is 0 Å².